The first-order valence-electron chi connectivity index (χ1n) is 4.25. The van der Waals surface area contributed by atoms with Gasteiger partial charge in [0.05, 0.1) is 10.9 Å². The second kappa shape index (κ2) is 4.84. The summed E-state index contributed by atoms with van der Waals surface area (Å²) >= 11 is 4.70. The molecule has 0 aliphatic heterocycles. The molecule has 1 heterocycles. The minimum Gasteiger partial charge on any atom is -0.346 e. The summed E-state index contributed by atoms with van der Waals surface area (Å²) in [6.07, 6.45) is 0. The summed E-state index contributed by atoms with van der Waals surface area (Å²) in [7, 11) is 0. The van der Waals surface area contributed by atoms with Gasteiger partial charge in [0.25, 0.3) is 0 Å². The van der Waals surface area contributed by atoms with Crippen molar-refractivity contribution >= 4 is 33.2 Å². The van der Waals surface area contributed by atoms with Crippen molar-refractivity contribution in [2.45, 2.75) is 31.6 Å². The summed E-state index contributed by atoms with van der Waals surface area (Å²) in [6, 6.07) is -0.0753. The van der Waals surface area contributed by atoms with Gasteiger partial charge in [-0.1, -0.05) is 27.3 Å². The minimum atomic E-state index is -0.182. The molecule has 0 aliphatic carbocycles. The molecule has 1 aromatic rings. The van der Waals surface area contributed by atoms with Crippen molar-refractivity contribution < 1.29 is 4.79 Å². The zero-order valence-electron chi connectivity index (χ0n) is 8.24. The molecule has 0 radical (unpaired) electrons. The van der Waals surface area contributed by atoms with Crippen molar-refractivity contribution in [2.75, 3.05) is 0 Å². The molecule has 1 amide bonds. The monoisotopic (exact) mass is 277 g/mol. The third-order valence-corrected chi connectivity index (χ3v) is 3.07. The van der Waals surface area contributed by atoms with Gasteiger partial charge in [0.1, 0.15) is 10.0 Å². The lowest BCUT2D eigenvalue weighted by Crippen LogP contribution is -2.31. The van der Waals surface area contributed by atoms with E-state index in [0.717, 1.165) is 10.0 Å². The van der Waals surface area contributed by atoms with Gasteiger partial charge in [-0.25, -0.2) is 0 Å². The quantitative estimate of drug-likeness (QED) is 0.858. The molecule has 0 aromatic carbocycles. The maximum Gasteiger partial charge on any atom is 0.234 e. The number of nitrogens with one attached hydrogen (secondary N) is 1. The Bertz CT molecular complexity index is 326. The van der Waals surface area contributed by atoms with Crippen molar-refractivity contribution in [1.82, 2.24) is 15.5 Å². The third-order valence-electron chi connectivity index (χ3n) is 1.63. The summed E-state index contributed by atoms with van der Waals surface area (Å²) in [6.45, 7) is 5.57. The van der Waals surface area contributed by atoms with Crippen molar-refractivity contribution in [3.05, 3.63) is 10.0 Å². The number of nitrogens with zero attached hydrogens (tertiary/aromatic N) is 2. The van der Waals surface area contributed by atoms with Gasteiger partial charge in [-0.15, -0.1) is 10.2 Å². The second-order valence-electron chi connectivity index (χ2n) is 3.01. The Morgan fingerprint density at radius 3 is 2.57 bits per heavy atom. The Labute approximate surface area is 95.2 Å². The van der Waals surface area contributed by atoms with Crippen LogP contribution < -0.4 is 5.32 Å². The van der Waals surface area contributed by atoms with Gasteiger partial charge in [0.2, 0.25) is 5.91 Å². The van der Waals surface area contributed by atoms with Crippen LogP contribution in [0.3, 0.4) is 0 Å². The number of rotatable bonds is 3. The van der Waals surface area contributed by atoms with E-state index in [9.17, 15) is 4.79 Å². The summed E-state index contributed by atoms with van der Waals surface area (Å²) in [4.78, 5) is 11.2. The molecule has 0 aliphatic rings. The van der Waals surface area contributed by atoms with Gasteiger partial charge in [-0.2, -0.15) is 0 Å². The van der Waals surface area contributed by atoms with E-state index in [1.807, 2.05) is 13.8 Å². The Morgan fingerprint density at radius 1 is 1.50 bits per heavy atom. The lowest BCUT2D eigenvalue weighted by Gasteiger charge is -2.11. The number of hydrogen-bond donors (Lipinski definition) is 1. The first-order chi connectivity index (χ1) is 6.50. The molecule has 14 heavy (non-hydrogen) atoms. The number of carbonyl (C=O) groups excluding carboxylic acids is 1. The minimum absolute atomic E-state index is 0.0367. The number of alkyl halides is 1. The average molecular weight is 278 g/mol. The molecule has 1 N–H and O–H groups in total. The molecule has 0 bridgehead atoms. The van der Waals surface area contributed by atoms with Crippen molar-refractivity contribution in [2.24, 2.45) is 0 Å². The molecule has 2 unspecified atom stereocenters. The van der Waals surface area contributed by atoms with E-state index < -0.39 is 0 Å². The number of hydrogen-bond acceptors (Lipinski definition) is 4. The zero-order valence-corrected chi connectivity index (χ0v) is 10.6. The van der Waals surface area contributed by atoms with Gasteiger partial charge in [-0.05, 0) is 20.8 Å². The van der Waals surface area contributed by atoms with Crippen molar-refractivity contribution in [1.29, 1.82) is 0 Å². The fourth-order valence-electron chi connectivity index (χ4n) is 0.877. The highest BCUT2D eigenvalue weighted by Gasteiger charge is 2.15. The number of carbonyl (C=O) groups is 1. The molecule has 0 saturated carbocycles. The molecule has 2 atom stereocenters. The Morgan fingerprint density at radius 2 is 2.14 bits per heavy atom. The highest BCUT2D eigenvalue weighted by molar-refractivity contribution is 9.10. The Balaban J connectivity index is 2.59. The zero-order chi connectivity index (χ0) is 10.7. The third kappa shape index (κ3) is 3.02. The van der Waals surface area contributed by atoms with Crippen LogP contribution in [-0.2, 0) is 4.79 Å². The van der Waals surface area contributed by atoms with E-state index in [-0.39, 0.29) is 16.8 Å². The van der Waals surface area contributed by atoms with Gasteiger partial charge in [0, 0.05) is 0 Å². The lowest BCUT2D eigenvalue weighted by molar-refractivity contribution is -0.120. The van der Waals surface area contributed by atoms with E-state index in [1.54, 1.807) is 6.92 Å². The van der Waals surface area contributed by atoms with E-state index in [1.165, 1.54) is 11.3 Å². The van der Waals surface area contributed by atoms with Crippen LogP contribution in [0, 0.1) is 6.92 Å². The van der Waals surface area contributed by atoms with Crippen LogP contribution in [0.1, 0.15) is 29.9 Å². The summed E-state index contributed by atoms with van der Waals surface area (Å²) < 4.78 is 0. The first-order valence-corrected chi connectivity index (χ1v) is 5.98. The van der Waals surface area contributed by atoms with Crippen LogP contribution >= 0.6 is 27.3 Å². The molecule has 1 aromatic heterocycles. The highest BCUT2D eigenvalue weighted by Crippen LogP contribution is 2.17. The molecule has 6 heteroatoms. The van der Waals surface area contributed by atoms with Crippen molar-refractivity contribution in [3.8, 4) is 0 Å². The Hall–Kier alpha value is -0.490. The van der Waals surface area contributed by atoms with Crippen LogP contribution in [-0.4, -0.2) is 20.9 Å². The molecule has 4 nitrogen and oxygen atoms in total. The number of aryl methyl sites for hydroxylation is 1. The van der Waals surface area contributed by atoms with Crippen LogP contribution in [0.2, 0.25) is 0 Å². The van der Waals surface area contributed by atoms with Gasteiger partial charge in [0.15, 0.2) is 0 Å². The maximum atomic E-state index is 11.3. The normalized spacial score (nSPS) is 14.9. The molecule has 0 saturated heterocycles. The van der Waals surface area contributed by atoms with Crippen LogP contribution in [0.4, 0.5) is 0 Å². The maximum absolute atomic E-state index is 11.3. The number of aromatic nitrogens is 2. The molecule has 0 fully saturated rings. The topological polar surface area (TPSA) is 54.9 Å². The highest BCUT2D eigenvalue weighted by atomic mass is 79.9. The predicted octanol–water partition coefficient (Wildman–Crippen LogP) is 1.81. The summed E-state index contributed by atoms with van der Waals surface area (Å²) in [5.41, 5.74) is 0. The van der Waals surface area contributed by atoms with E-state index >= 15 is 0 Å². The summed E-state index contributed by atoms with van der Waals surface area (Å²) in [5, 5.41) is 12.4. The average Bonchev–Trinajstić information content (AvgIpc) is 2.51. The SMILES string of the molecule is Cc1nnc(C(C)NC(=O)C(C)Br)s1. The molecule has 1 rings (SSSR count). The smallest absolute Gasteiger partial charge is 0.234 e. The largest absolute Gasteiger partial charge is 0.346 e. The Kier molecular flexibility index (Phi) is 4.00. The summed E-state index contributed by atoms with van der Waals surface area (Å²) in [5.74, 6) is -0.0367. The van der Waals surface area contributed by atoms with E-state index in [2.05, 4.69) is 31.4 Å². The van der Waals surface area contributed by atoms with Crippen LogP contribution in [0.5, 0.6) is 0 Å². The van der Waals surface area contributed by atoms with Gasteiger partial charge in [-0.3, -0.25) is 4.79 Å². The lowest BCUT2D eigenvalue weighted by atomic mass is 10.3. The fourth-order valence-corrected chi connectivity index (χ4v) is 1.71. The van der Waals surface area contributed by atoms with Crippen LogP contribution in [0.15, 0.2) is 0 Å². The van der Waals surface area contributed by atoms with Gasteiger partial charge >= 0.3 is 0 Å². The standard InChI is InChI=1S/C8H12BrN3OS/c1-4(9)7(13)10-5(2)8-12-11-6(3)14-8/h4-5H,1-3H3,(H,10,13). The number of halogens is 1. The number of amides is 1. The fraction of sp³-hybridized carbons (Fsp3) is 0.625. The predicted molar refractivity (Wildman–Crippen MR) is 59.6 cm³/mol. The molecular weight excluding hydrogens is 266 g/mol. The van der Waals surface area contributed by atoms with Gasteiger partial charge < -0.3 is 5.32 Å². The van der Waals surface area contributed by atoms with Crippen LogP contribution in [0.25, 0.3) is 0 Å². The second-order valence-corrected chi connectivity index (χ2v) is 5.59. The molecular formula is C8H12BrN3OS. The van der Waals surface area contributed by atoms with E-state index in [0.29, 0.717) is 0 Å². The van der Waals surface area contributed by atoms with E-state index in [4.69, 9.17) is 0 Å². The molecule has 78 valence electrons. The molecule has 0 spiro atoms. The first kappa shape index (κ1) is 11.6. The van der Waals surface area contributed by atoms with Crippen molar-refractivity contribution in [3.63, 3.8) is 0 Å².